The van der Waals surface area contributed by atoms with Crippen LogP contribution in [0.15, 0.2) is 24.3 Å². The highest BCUT2D eigenvalue weighted by Crippen LogP contribution is 2.40. The third-order valence-corrected chi connectivity index (χ3v) is 10.2. The van der Waals surface area contributed by atoms with Gasteiger partial charge in [-0.3, -0.25) is 14.4 Å². The molecule has 10 nitrogen and oxygen atoms in total. The number of carbonyl (C=O) groups excluding carboxylic acids is 3. The van der Waals surface area contributed by atoms with E-state index in [1.165, 1.54) is 21.6 Å². The number of carbonyl (C=O) groups is 4. The number of carboxylic acid groups (broad SMARTS) is 1. The summed E-state index contributed by atoms with van der Waals surface area (Å²) in [6.07, 6.45) is 5.31. The molecule has 4 atom stereocenters. The molecular weight excluding hydrogens is 528 g/mol. The molecule has 12 heteroatoms. The fourth-order valence-electron chi connectivity index (χ4n) is 5.59. The summed E-state index contributed by atoms with van der Waals surface area (Å²) in [5.74, 6) is -1.45. The molecule has 1 saturated carbocycles. The number of hydrogen-bond acceptors (Lipinski definition) is 8. The first-order chi connectivity index (χ1) is 18.3. The summed E-state index contributed by atoms with van der Waals surface area (Å²) in [6.45, 7) is 0.927. The molecule has 3 fully saturated rings. The van der Waals surface area contributed by atoms with Crippen molar-refractivity contribution in [2.24, 2.45) is 5.41 Å². The van der Waals surface area contributed by atoms with Crippen molar-refractivity contribution in [1.29, 1.82) is 0 Å². The van der Waals surface area contributed by atoms with Gasteiger partial charge in [-0.15, -0.1) is 0 Å². The van der Waals surface area contributed by atoms with E-state index in [-0.39, 0.29) is 47.4 Å². The number of phenols is 1. The second kappa shape index (κ2) is 13.1. The van der Waals surface area contributed by atoms with Crippen LogP contribution in [0.2, 0.25) is 0 Å². The van der Waals surface area contributed by atoms with Crippen molar-refractivity contribution >= 4 is 45.3 Å². The number of amides is 3. The Labute approximate surface area is 230 Å². The van der Waals surface area contributed by atoms with Crippen LogP contribution in [0.3, 0.4) is 0 Å². The van der Waals surface area contributed by atoms with Crippen LogP contribution >= 0.6 is 21.6 Å². The van der Waals surface area contributed by atoms with Gasteiger partial charge in [-0.05, 0) is 49.9 Å². The standard InChI is InChI=1S/C26H36N4O6S2/c31-17-6-4-16(5-7-17)18-8-12-27-21(18)23(33)29-19-14-37-38-15-20(24(34)35)30-25(36)26(9-2-1-3-10-26)11-13-28-22(19)32/h4-7,18-21,27,31H,1-3,8-15H2,(H,28,32)(H,29,33)(H,30,36)(H,34,35)/t18-,19+,20+,21+/m1/s1. The number of phenolic OH excluding ortho intramolecular Hbond substituents is 1. The Kier molecular flexibility index (Phi) is 9.83. The van der Waals surface area contributed by atoms with Gasteiger partial charge in [0.25, 0.3) is 0 Å². The third-order valence-electron chi connectivity index (χ3n) is 7.81. The molecule has 2 heterocycles. The number of aliphatic carboxylic acids is 1. The minimum atomic E-state index is -1.08. The normalized spacial score (nSPS) is 28.7. The molecule has 38 heavy (non-hydrogen) atoms. The van der Waals surface area contributed by atoms with Crippen molar-refractivity contribution in [3.05, 3.63) is 29.8 Å². The molecule has 208 valence electrons. The van der Waals surface area contributed by atoms with E-state index >= 15 is 0 Å². The second-order valence-electron chi connectivity index (χ2n) is 10.3. The van der Waals surface area contributed by atoms with Gasteiger partial charge in [-0.1, -0.05) is 53.0 Å². The topological polar surface area (TPSA) is 157 Å². The van der Waals surface area contributed by atoms with Gasteiger partial charge < -0.3 is 31.5 Å². The zero-order valence-electron chi connectivity index (χ0n) is 21.2. The summed E-state index contributed by atoms with van der Waals surface area (Å²) in [4.78, 5) is 51.6. The summed E-state index contributed by atoms with van der Waals surface area (Å²) >= 11 is 0. The van der Waals surface area contributed by atoms with Gasteiger partial charge in [0.15, 0.2) is 0 Å². The Hall–Kier alpha value is -2.44. The van der Waals surface area contributed by atoms with Gasteiger partial charge in [-0.2, -0.15) is 0 Å². The lowest BCUT2D eigenvalue weighted by atomic mass is 9.71. The van der Waals surface area contributed by atoms with Gasteiger partial charge in [0.1, 0.15) is 17.8 Å². The van der Waals surface area contributed by atoms with Crippen molar-refractivity contribution in [3.8, 4) is 5.75 Å². The number of hydrogen-bond donors (Lipinski definition) is 6. The molecule has 1 aliphatic carbocycles. The number of rotatable bonds is 4. The van der Waals surface area contributed by atoms with Crippen LogP contribution in [0, 0.1) is 5.41 Å². The smallest absolute Gasteiger partial charge is 0.327 e. The fraction of sp³-hybridized carbons (Fsp3) is 0.615. The third kappa shape index (κ3) is 6.95. The highest BCUT2D eigenvalue weighted by Gasteiger charge is 2.41. The zero-order chi connectivity index (χ0) is 27.1. The largest absolute Gasteiger partial charge is 0.508 e. The van der Waals surface area contributed by atoms with E-state index < -0.39 is 29.5 Å². The second-order valence-corrected chi connectivity index (χ2v) is 12.8. The van der Waals surface area contributed by atoms with E-state index in [0.29, 0.717) is 25.8 Å². The van der Waals surface area contributed by atoms with E-state index in [1.54, 1.807) is 24.3 Å². The predicted molar refractivity (Wildman–Crippen MR) is 147 cm³/mol. The maximum atomic E-state index is 13.3. The van der Waals surface area contributed by atoms with E-state index in [4.69, 9.17) is 0 Å². The average molecular weight is 565 g/mol. The summed E-state index contributed by atoms with van der Waals surface area (Å²) in [7, 11) is 2.56. The molecule has 0 bridgehead atoms. The van der Waals surface area contributed by atoms with E-state index in [9.17, 15) is 29.4 Å². The molecule has 1 aromatic carbocycles. The SMILES string of the molecule is O=C(O)[C@@H]1CSSC[C@H](NC(=O)[C@H]2NCC[C@@H]2c2ccc(O)cc2)C(=O)NCCC2(CCCCC2)C(=O)N1. The summed E-state index contributed by atoms with van der Waals surface area (Å²) in [5.41, 5.74) is 0.238. The van der Waals surface area contributed by atoms with Crippen LogP contribution in [0.4, 0.5) is 0 Å². The van der Waals surface area contributed by atoms with E-state index in [2.05, 4.69) is 21.3 Å². The maximum Gasteiger partial charge on any atom is 0.327 e. The number of nitrogens with one attached hydrogen (secondary N) is 4. The van der Waals surface area contributed by atoms with Crippen molar-refractivity contribution in [1.82, 2.24) is 21.3 Å². The molecule has 0 aromatic heterocycles. The summed E-state index contributed by atoms with van der Waals surface area (Å²) in [6, 6.07) is 4.47. The quantitative estimate of drug-likeness (QED) is 0.300. The average Bonchev–Trinajstić information content (AvgIpc) is 3.40. The Morgan fingerprint density at radius 3 is 2.39 bits per heavy atom. The van der Waals surface area contributed by atoms with E-state index in [1.807, 2.05) is 0 Å². The summed E-state index contributed by atoms with van der Waals surface area (Å²) < 4.78 is 0. The van der Waals surface area contributed by atoms with Crippen LogP contribution in [0.1, 0.15) is 56.4 Å². The Bertz CT molecular complexity index is 1020. The van der Waals surface area contributed by atoms with Crippen LogP contribution in [0.5, 0.6) is 5.75 Å². The number of carboxylic acids is 1. The Morgan fingerprint density at radius 1 is 0.974 bits per heavy atom. The first-order valence-corrected chi connectivity index (χ1v) is 15.7. The minimum absolute atomic E-state index is 0.0879. The van der Waals surface area contributed by atoms with Crippen molar-refractivity contribution in [2.45, 2.75) is 69.0 Å². The lowest BCUT2D eigenvalue weighted by Crippen LogP contribution is -2.54. The molecule has 3 aliphatic rings. The van der Waals surface area contributed by atoms with Gasteiger partial charge in [-0.25, -0.2) is 4.79 Å². The molecule has 4 rings (SSSR count). The highest BCUT2D eigenvalue weighted by atomic mass is 33.1. The first-order valence-electron chi connectivity index (χ1n) is 13.2. The van der Waals surface area contributed by atoms with Gasteiger partial charge in [0, 0.05) is 24.0 Å². The maximum absolute atomic E-state index is 13.3. The van der Waals surface area contributed by atoms with Gasteiger partial charge >= 0.3 is 5.97 Å². The minimum Gasteiger partial charge on any atom is -0.508 e. The van der Waals surface area contributed by atoms with Crippen LogP contribution in [0.25, 0.3) is 0 Å². The molecule has 6 N–H and O–H groups in total. The van der Waals surface area contributed by atoms with Crippen molar-refractivity contribution in [3.63, 3.8) is 0 Å². The van der Waals surface area contributed by atoms with Crippen LogP contribution < -0.4 is 21.3 Å². The van der Waals surface area contributed by atoms with Gasteiger partial charge in [0.2, 0.25) is 17.7 Å². The highest BCUT2D eigenvalue weighted by molar-refractivity contribution is 8.76. The van der Waals surface area contributed by atoms with Gasteiger partial charge in [0.05, 0.1) is 11.5 Å². The van der Waals surface area contributed by atoms with Crippen molar-refractivity contribution in [2.75, 3.05) is 24.6 Å². The first kappa shape index (κ1) is 28.6. The lowest BCUT2D eigenvalue weighted by molar-refractivity contribution is -0.144. The molecule has 1 spiro atoms. The molecule has 0 unspecified atom stereocenters. The van der Waals surface area contributed by atoms with Crippen LogP contribution in [-0.4, -0.2) is 76.6 Å². The van der Waals surface area contributed by atoms with E-state index in [0.717, 1.165) is 31.2 Å². The molecule has 3 amide bonds. The molecular formula is C26H36N4O6S2. The molecule has 2 saturated heterocycles. The molecule has 0 radical (unpaired) electrons. The zero-order valence-corrected chi connectivity index (χ0v) is 22.9. The predicted octanol–water partition coefficient (Wildman–Crippen LogP) is 1.74. The fourth-order valence-corrected chi connectivity index (χ4v) is 7.91. The Morgan fingerprint density at radius 2 is 1.68 bits per heavy atom. The lowest BCUT2D eigenvalue weighted by Gasteiger charge is -2.36. The molecule has 2 aliphatic heterocycles. The monoisotopic (exact) mass is 564 g/mol. The molecule has 1 aromatic rings. The Balaban J connectivity index is 1.46. The number of benzene rings is 1. The van der Waals surface area contributed by atoms with Crippen molar-refractivity contribution < 1.29 is 29.4 Å². The number of aromatic hydroxyl groups is 1. The summed E-state index contributed by atoms with van der Waals surface area (Å²) in [5, 5.41) is 31.1. The van der Waals surface area contributed by atoms with Crippen LogP contribution in [-0.2, 0) is 19.2 Å².